The van der Waals surface area contributed by atoms with Crippen molar-refractivity contribution >= 4 is 5.97 Å². The summed E-state index contributed by atoms with van der Waals surface area (Å²) < 4.78 is 26.5. The van der Waals surface area contributed by atoms with Crippen LogP contribution < -0.4 is 0 Å². The van der Waals surface area contributed by atoms with E-state index < -0.39 is 17.3 Å². The van der Waals surface area contributed by atoms with Crippen LogP contribution in [0.25, 0.3) is 0 Å². The molecule has 0 heterocycles. The maximum absolute atomic E-state index is 13.2. The molecule has 1 fully saturated rings. The van der Waals surface area contributed by atoms with Crippen molar-refractivity contribution in [1.29, 1.82) is 0 Å². The lowest BCUT2D eigenvalue weighted by atomic mass is 9.94. The third-order valence-corrected chi connectivity index (χ3v) is 2.97. The van der Waals surface area contributed by atoms with Gasteiger partial charge < -0.3 is 5.11 Å². The van der Waals surface area contributed by atoms with Gasteiger partial charge in [-0.05, 0) is 18.4 Å². The number of hydrogen-bond acceptors (Lipinski definition) is 1. The first-order valence-electron chi connectivity index (χ1n) is 4.30. The van der Waals surface area contributed by atoms with E-state index in [1.807, 2.05) is 0 Å². The summed E-state index contributed by atoms with van der Waals surface area (Å²) in [6.45, 7) is 0. The quantitative estimate of drug-likeness (QED) is 0.674. The lowest BCUT2D eigenvalue weighted by molar-refractivity contribution is -0.136. The summed E-state index contributed by atoms with van der Waals surface area (Å²) in [5.74, 6) is -3.72. The highest BCUT2D eigenvalue weighted by atomic mass is 19.3. The monoisotopic (exact) mass is 188 g/mol. The summed E-state index contributed by atoms with van der Waals surface area (Å²) in [6, 6.07) is 0. The molecule has 0 saturated heterocycles. The molecular formula is C9H10F2O2. The lowest BCUT2D eigenvalue weighted by Gasteiger charge is -2.20. The summed E-state index contributed by atoms with van der Waals surface area (Å²) in [5.41, 5.74) is -0.715. The van der Waals surface area contributed by atoms with Gasteiger partial charge in [-0.15, -0.1) is 0 Å². The van der Waals surface area contributed by atoms with Gasteiger partial charge >= 0.3 is 5.97 Å². The Hall–Kier alpha value is -0.930. The standard InChI is InChI=1S/C9H10F2O2/c10-9(11)3-1-2-8(9)5-6(8)4-7(12)13/h5H,1-4H2,(H,12,13). The van der Waals surface area contributed by atoms with E-state index in [2.05, 4.69) is 0 Å². The Labute approximate surface area is 74.2 Å². The topological polar surface area (TPSA) is 37.3 Å². The predicted molar refractivity (Wildman–Crippen MR) is 41.6 cm³/mol. The second-order valence-electron chi connectivity index (χ2n) is 3.77. The van der Waals surface area contributed by atoms with Gasteiger partial charge in [0.1, 0.15) is 0 Å². The third kappa shape index (κ3) is 1.08. The minimum Gasteiger partial charge on any atom is -0.481 e. The molecule has 13 heavy (non-hydrogen) atoms. The molecule has 0 aromatic heterocycles. The van der Waals surface area contributed by atoms with E-state index in [0.29, 0.717) is 18.4 Å². The highest BCUT2D eigenvalue weighted by Crippen LogP contribution is 2.65. The minimum atomic E-state index is -2.70. The second kappa shape index (κ2) is 2.30. The molecule has 0 amide bonds. The molecule has 2 nitrogen and oxygen atoms in total. The van der Waals surface area contributed by atoms with E-state index >= 15 is 0 Å². The van der Waals surface area contributed by atoms with E-state index in [4.69, 9.17) is 5.11 Å². The maximum atomic E-state index is 13.2. The van der Waals surface area contributed by atoms with Crippen LogP contribution in [0.5, 0.6) is 0 Å². The smallest absolute Gasteiger partial charge is 0.307 e. The molecule has 2 aliphatic carbocycles. The van der Waals surface area contributed by atoms with Crippen LogP contribution >= 0.6 is 0 Å². The van der Waals surface area contributed by atoms with Crippen LogP contribution in [-0.4, -0.2) is 17.0 Å². The van der Waals surface area contributed by atoms with Crippen LogP contribution in [-0.2, 0) is 4.79 Å². The first-order valence-corrected chi connectivity index (χ1v) is 4.30. The zero-order valence-electron chi connectivity index (χ0n) is 7.02. The molecule has 1 N–H and O–H groups in total. The van der Waals surface area contributed by atoms with Gasteiger partial charge in [0.25, 0.3) is 5.92 Å². The van der Waals surface area contributed by atoms with Crippen LogP contribution in [0.3, 0.4) is 0 Å². The van der Waals surface area contributed by atoms with Crippen LogP contribution in [0.4, 0.5) is 8.78 Å². The van der Waals surface area contributed by atoms with Crippen LogP contribution in [0, 0.1) is 5.41 Å². The Morgan fingerprint density at radius 1 is 1.54 bits per heavy atom. The molecule has 0 radical (unpaired) electrons. The molecule has 1 unspecified atom stereocenters. The fourth-order valence-corrected chi connectivity index (χ4v) is 2.20. The average molecular weight is 188 g/mol. The predicted octanol–water partition coefficient (Wildman–Crippen LogP) is 2.21. The number of carboxylic acids is 1. The van der Waals surface area contributed by atoms with E-state index in [0.717, 1.165) is 0 Å². The van der Waals surface area contributed by atoms with Crippen molar-refractivity contribution < 1.29 is 18.7 Å². The van der Waals surface area contributed by atoms with E-state index in [9.17, 15) is 13.6 Å². The van der Waals surface area contributed by atoms with Crippen molar-refractivity contribution in [2.45, 2.75) is 31.6 Å². The van der Waals surface area contributed by atoms with Gasteiger partial charge in [0, 0.05) is 6.42 Å². The Balaban J connectivity index is 2.08. The third-order valence-electron chi connectivity index (χ3n) is 2.97. The second-order valence-corrected chi connectivity index (χ2v) is 3.77. The van der Waals surface area contributed by atoms with Gasteiger partial charge in [0.2, 0.25) is 0 Å². The van der Waals surface area contributed by atoms with Gasteiger partial charge in [0.05, 0.1) is 11.8 Å². The van der Waals surface area contributed by atoms with E-state index in [1.54, 1.807) is 0 Å². The van der Waals surface area contributed by atoms with Gasteiger partial charge in [-0.25, -0.2) is 8.78 Å². The number of alkyl halides is 2. The van der Waals surface area contributed by atoms with Gasteiger partial charge in [-0.2, -0.15) is 0 Å². The van der Waals surface area contributed by atoms with Gasteiger partial charge in [-0.1, -0.05) is 6.08 Å². The SMILES string of the molecule is O=C(O)CC1=CC12CCCC2(F)F. The zero-order chi connectivity index (χ0) is 9.69. The average Bonchev–Trinajstić information content (AvgIpc) is 2.54. The largest absolute Gasteiger partial charge is 0.481 e. The zero-order valence-corrected chi connectivity index (χ0v) is 7.02. The van der Waals surface area contributed by atoms with E-state index in [1.165, 1.54) is 6.08 Å². The van der Waals surface area contributed by atoms with Gasteiger partial charge in [0.15, 0.2) is 0 Å². The molecule has 1 saturated carbocycles. The van der Waals surface area contributed by atoms with Crippen molar-refractivity contribution in [3.05, 3.63) is 11.6 Å². The first-order chi connectivity index (χ1) is 5.98. The molecule has 1 spiro atoms. The van der Waals surface area contributed by atoms with Crippen LogP contribution in [0.2, 0.25) is 0 Å². The fourth-order valence-electron chi connectivity index (χ4n) is 2.20. The molecule has 72 valence electrons. The molecule has 0 aromatic rings. The molecule has 2 rings (SSSR count). The lowest BCUT2D eigenvalue weighted by Crippen LogP contribution is -2.26. The van der Waals surface area contributed by atoms with Crippen molar-refractivity contribution in [3.8, 4) is 0 Å². The molecule has 1 atom stereocenters. The summed E-state index contributed by atoms with van der Waals surface area (Å²) in [4.78, 5) is 10.3. The number of hydrogen-bond donors (Lipinski definition) is 1. The number of allylic oxidation sites excluding steroid dienone is 1. The summed E-state index contributed by atoms with van der Waals surface area (Å²) in [6.07, 6.45) is 2.02. The highest BCUT2D eigenvalue weighted by molar-refractivity contribution is 5.73. The normalized spacial score (nSPS) is 34.8. The number of carboxylic acid groups (broad SMARTS) is 1. The summed E-state index contributed by atoms with van der Waals surface area (Å²) >= 11 is 0. The number of halogens is 2. The van der Waals surface area contributed by atoms with Crippen molar-refractivity contribution in [3.63, 3.8) is 0 Å². The minimum absolute atomic E-state index is 0.105. The number of carbonyl (C=O) groups is 1. The molecule has 0 aromatic carbocycles. The van der Waals surface area contributed by atoms with Crippen LogP contribution in [0.1, 0.15) is 25.7 Å². The number of aliphatic carboxylic acids is 1. The van der Waals surface area contributed by atoms with Crippen molar-refractivity contribution in [2.24, 2.45) is 5.41 Å². The molecule has 0 bridgehead atoms. The Kier molecular flexibility index (Phi) is 1.54. The summed E-state index contributed by atoms with van der Waals surface area (Å²) in [5, 5.41) is 8.45. The van der Waals surface area contributed by atoms with Crippen molar-refractivity contribution in [1.82, 2.24) is 0 Å². The Bertz CT molecular complexity index is 296. The van der Waals surface area contributed by atoms with Crippen LogP contribution in [0.15, 0.2) is 11.6 Å². The fraction of sp³-hybridized carbons (Fsp3) is 0.667. The maximum Gasteiger partial charge on any atom is 0.307 e. The Morgan fingerprint density at radius 3 is 2.69 bits per heavy atom. The summed E-state index contributed by atoms with van der Waals surface area (Å²) in [7, 11) is 0. The van der Waals surface area contributed by atoms with Gasteiger partial charge in [-0.3, -0.25) is 4.79 Å². The number of rotatable bonds is 2. The molecular weight excluding hydrogens is 178 g/mol. The molecule has 2 aliphatic rings. The van der Waals surface area contributed by atoms with E-state index in [-0.39, 0.29) is 12.8 Å². The Morgan fingerprint density at radius 2 is 2.23 bits per heavy atom. The first kappa shape index (κ1) is 8.66. The van der Waals surface area contributed by atoms with Crippen molar-refractivity contribution in [2.75, 3.05) is 0 Å². The molecule has 4 heteroatoms. The highest BCUT2D eigenvalue weighted by Gasteiger charge is 2.64. The molecule has 0 aliphatic heterocycles.